The Kier molecular flexibility index (Phi) is 3.63. The van der Waals surface area contributed by atoms with Gasteiger partial charge < -0.3 is 18.3 Å². The van der Waals surface area contributed by atoms with Crippen molar-refractivity contribution in [3.8, 4) is 0 Å². The van der Waals surface area contributed by atoms with Crippen LogP contribution in [0.3, 0.4) is 0 Å². The fraction of sp³-hybridized carbons (Fsp3) is 0.300. The molecule has 2 aromatic rings. The summed E-state index contributed by atoms with van der Waals surface area (Å²) in [6, 6.07) is 0. The maximum Gasteiger partial charge on any atom is 0.232 e. The first kappa shape index (κ1) is 11.5. The second-order valence-electron chi connectivity index (χ2n) is 3.09. The molecular formula is C10H10N2O5. The van der Waals surface area contributed by atoms with Crippen LogP contribution in [0.1, 0.15) is 28.2 Å². The molecule has 0 radical (unpaired) electrons. The lowest BCUT2D eigenvalue weighted by Crippen LogP contribution is -2.08. The average Bonchev–Trinajstić information content (AvgIpc) is 3.00. The van der Waals surface area contributed by atoms with Crippen molar-refractivity contribution in [2.75, 3.05) is 13.9 Å². The van der Waals surface area contributed by atoms with E-state index in [2.05, 4.69) is 9.97 Å². The van der Waals surface area contributed by atoms with Crippen molar-refractivity contribution in [2.24, 2.45) is 0 Å². The van der Waals surface area contributed by atoms with Crippen molar-refractivity contribution in [2.45, 2.75) is 6.10 Å². The molecule has 0 saturated heterocycles. The molecule has 7 nitrogen and oxygen atoms in total. The third kappa shape index (κ3) is 2.58. The fourth-order valence-electron chi connectivity index (χ4n) is 1.24. The van der Waals surface area contributed by atoms with Crippen LogP contribution < -0.4 is 0 Å². The molecule has 17 heavy (non-hydrogen) atoms. The third-order valence-electron chi connectivity index (χ3n) is 1.95. The normalized spacial score (nSPS) is 12.5. The van der Waals surface area contributed by atoms with Gasteiger partial charge in [0.15, 0.2) is 24.5 Å². The van der Waals surface area contributed by atoms with E-state index in [-0.39, 0.29) is 18.4 Å². The molecule has 0 amide bonds. The first-order valence-electron chi connectivity index (χ1n) is 4.74. The summed E-state index contributed by atoms with van der Waals surface area (Å²) in [7, 11) is 1.49. The van der Waals surface area contributed by atoms with E-state index in [0.717, 1.165) is 0 Å². The number of aromatic nitrogens is 2. The lowest BCUT2D eigenvalue weighted by atomic mass is 10.3. The van der Waals surface area contributed by atoms with Gasteiger partial charge in [0.2, 0.25) is 5.89 Å². The number of aldehydes is 1. The van der Waals surface area contributed by atoms with Crippen LogP contribution in [0.5, 0.6) is 0 Å². The molecule has 0 saturated carbocycles. The quantitative estimate of drug-likeness (QED) is 0.551. The zero-order valence-electron chi connectivity index (χ0n) is 9.03. The predicted octanol–water partition coefficient (Wildman–Crippen LogP) is 1.19. The van der Waals surface area contributed by atoms with Crippen LogP contribution in [-0.2, 0) is 9.47 Å². The molecule has 1 unspecified atom stereocenters. The highest BCUT2D eigenvalue weighted by Gasteiger charge is 2.23. The Bertz CT molecular complexity index is 465. The Morgan fingerprint density at radius 3 is 3.00 bits per heavy atom. The molecular weight excluding hydrogens is 228 g/mol. The number of rotatable bonds is 6. The minimum absolute atomic E-state index is 0.0319. The van der Waals surface area contributed by atoms with Gasteiger partial charge >= 0.3 is 0 Å². The lowest BCUT2D eigenvalue weighted by Gasteiger charge is -2.10. The number of ether oxygens (including phenoxy) is 2. The highest BCUT2D eigenvalue weighted by Crippen LogP contribution is 2.24. The van der Waals surface area contributed by atoms with Crippen molar-refractivity contribution in [3.05, 3.63) is 36.2 Å². The summed E-state index contributed by atoms with van der Waals surface area (Å²) in [5.74, 6) is 0.627. The fourth-order valence-corrected chi connectivity index (χ4v) is 1.24. The minimum atomic E-state index is -0.689. The topological polar surface area (TPSA) is 87.6 Å². The molecule has 0 aliphatic rings. The SMILES string of the molecule is COCOC(c1cnco1)c1nc(C=O)co1. The van der Waals surface area contributed by atoms with Crippen molar-refractivity contribution >= 4 is 6.29 Å². The standard InChI is InChI=1S/C10H10N2O5/c1-14-6-17-9(8-2-11-5-16-8)10-12-7(3-13)4-15-10/h2-5,9H,6H2,1H3. The van der Waals surface area contributed by atoms with Crippen LogP contribution in [0, 0.1) is 0 Å². The molecule has 2 heterocycles. The van der Waals surface area contributed by atoms with Gasteiger partial charge in [-0.25, -0.2) is 9.97 Å². The molecule has 7 heteroatoms. The summed E-state index contributed by atoms with van der Waals surface area (Å²) in [6.45, 7) is 0.0319. The molecule has 0 aromatic carbocycles. The number of carbonyl (C=O) groups excluding carboxylic acids is 1. The van der Waals surface area contributed by atoms with Crippen molar-refractivity contribution in [1.82, 2.24) is 9.97 Å². The number of methoxy groups -OCH3 is 1. The van der Waals surface area contributed by atoms with E-state index in [1.807, 2.05) is 0 Å². The summed E-state index contributed by atoms with van der Waals surface area (Å²) in [5, 5.41) is 0. The number of hydrogen-bond donors (Lipinski definition) is 0. The summed E-state index contributed by atoms with van der Waals surface area (Å²) in [4.78, 5) is 18.2. The number of nitrogens with zero attached hydrogens (tertiary/aromatic N) is 2. The monoisotopic (exact) mass is 238 g/mol. The van der Waals surface area contributed by atoms with Gasteiger partial charge in [-0.2, -0.15) is 0 Å². The van der Waals surface area contributed by atoms with Crippen molar-refractivity contribution in [3.63, 3.8) is 0 Å². The average molecular weight is 238 g/mol. The molecule has 2 aromatic heterocycles. The van der Waals surface area contributed by atoms with E-state index in [9.17, 15) is 4.79 Å². The summed E-state index contributed by atoms with van der Waals surface area (Å²) in [6.07, 6.45) is 3.88. The molecule has 2 rings (SSSR count). The van der Waals surface area contributed by atoms with E-state index in [4.69, 9.17) is 18.3 Å². The maximum absolute atomic E-state index is 10.5. The van der Waals surface area contributed by atoms with E-state index in [0.29, 0.717) is 12.0 Å². The molecule has 0 bridgehead atoms. The van der Waals surface area contributed by atoms with Crippen LogP contribution >= 0.6 is 0 Å². The second kappa shape index (κ2) is 5.37. The maximum atomic E-state index is 10.5. The number of oxazole rings is 2. The van der Waals surface area contributed by atoms with Crippen molar-refractivity contribution in [1.29, 1.82) is 0 Å². The van der Waals surface area contributed by atoms with Gasteiger partial charge in [-0.15, -0.1) is 0 Å². The molecule has 1 atom stereocenters. The molecule has 90 valence electrons. The summed E-state index contributed by atoms with van der Waals surface area (Å²) >= 11 is 0. The summed E-state index contributed by atoms with van der Waals surface area (Å²) < 4.78 is 20.4. The largest absolute Gasteiger partial charge is 0.445 e. The Balaban J connectivity index is 2.23. The zero-order valence-corrected chi connectivity index (χ0v) is 9.03. The smallest absolute Gasteiger partial charge is 0.232 e. The van der Waals surface area contributed by atoms with Crippen LogP contribution in [0.15, 0.2) is 27.7 Å². The number of carbonyl (C=O) groups is 1. The van der Waals surface area contributed by atoms with Gasteiger partial charge in [0.1, 0.15) is 18.8 Å². The molecule has 0 aliphatic carbocycles. The molecule has 0 aliphatic heterocycles. The predicted molar refractivity (Wildman–Crippen MR) is 53.2 cm³/mol. The first-order valence-corrected chi connectivity index (χ1v) is 4.74. The Labute approximate surface area is 96.4 Å². The highest BCUT2D eigenvalue weighted by molar-refractivity contribution is 5.70. The van der Waals surface area contributed by atoms with Gasteiger partial charge in [-0.1, -0.05) is 0 Å². The molecule has 0 fully saturated rings. The van der Waals surface area contributed by atoms with Crippen LogP contribution in [-0.4, -0.2) is 30.2 Å². The van der Waals surface area contributed by atoms with Gasteiger partial charge in [-0.05, 0) is 0 Å². The van der Waals surface area contributed by atoms with Gasteiger partial charge in [0.05, 0.1) is 6.20 Å². The van der Waals surface area contributed by atoms with E-state index in [1.54, 1.807) is 0 Å². The van der Waals surface area contributed by atoms with Crippen LogP contribution in [0.4, 0.5) is 0 Å². The van der Waals surface area contributed by atoms with E-state index < -0.39 is 6.10 Å². The Morgan fingerprint density at radius 2 is 2.41 bits per heavy atom. The van der Waals surface area contributed by atoms with Gasteiger partial charge in [-0.3, -0.25) is 4.79 Å². The summed E-state index contributed by atoms with van der Waals surface area (Å²) in [5.41, 5.74) is 0.186. The second-order valence-corrected chi connectivity index (χ2v) is 3.09. The van der Waals surface area contributed by atoms with Crippen molar-refractivity contribution < 1.29 is 23.1 Å². The van der Waals surface area contributed by atoms with E-state index >= 15 is 0 Å². The van der Waals surface area contributed by atoms with Crippen LogP contribution in [0.25, 0.3) is 0 Å². The Morgan fingerprint density at radius 1 is 1.53 bits per heavy atom. The zero-order chi connectivity index (χ0) is 12.1. The molecule has 0 N–H and O–H groups in total. The highest BCUT2D eigenvalue weighted by atomic mass is 16.7. The van der Waals surface area contributed by atoms with Gasteiger partial charge in [0, 0.05) is 7.11 Å². The third-order valence-corrected chi connectivity index (χ3v) is 1.95. The number of hydrogen-bond acceptors (Lipinski definition) is 7. The Hall–Kier alpha value is -1.99. The van der Waals surface area contributed by atoms with E-state index in [1.165, 1.54) is 26.0 Å². The first-order chi connectivity index (χ1) is 8.35. The molecule has 0 spiro atoms. The van der Waals surface area contributed by atoms with Gasteiger partial charge in [0.25, 0.3) is 0 Å². The van der Waals surface area contributed by atoms with Crippen LogP contribution in [0.2, 0.25) is 0 Å². The minimum Gasteiger partial charge on any atom is -0.445 e. The lowest BCUT2D eigenvalue weighted by molar-refractivity contribution is -0.0726.